The van der Waals surface area contributed by atoms with Crippen LogP contribution in [-0.2, 0) is 22.4 Å². The average Bonchev–Trinajstić information content (AvgIpc) is 3.35. The van der Waals surface area contributed by atoms with E-state index in [1.54, 1.807) is 13.0 Å². The Balaban J connectivity index is 0.000000121. The van der Waals surface area contributed by atoms with Crippen LogP contribution < -0.4 is 16.3 Å². The molecule has 0 unspecified atom stereocenters. The summed E-state index contributed by atoms with van der Waals surface area (Å²) in [5, 5.41) is 6.55. The maximum absolute atomic E-state index is 11.1. The van der Waals surface area contributed by atoms with Gasteiger partial charge in [-0.15, -0.1) is 0 Å². The molecule has 3 heterocycles. The number of amides is 2. The van der Waals surface area contributed by atoms with Gasteiger partial charge >= 0.3 is 5.63 Å². The van der Waals surface area contributed by atoms with Crippen molar-refractivity contribution in [3.8, 4) is 0 Å². The summed E-state index contributed by atoms with van der Waals surface area (Å²) in [6.45, 7) is 5.80. The van der Waals surface area contributed by atoms with Gasteiger partial charge in [-0.1, -0.05) is 48.0 Å². The Morgan fingerprint density at radius 3 is 2.12 bits per heavy atom. The lowest BCUT2D eigenvalue weighted by Crippen LogP contribution is -2.03. The minimum Gasteiger partial charge on any atom is -0.423 e. The predicted molar refractivity (Wildman–Crippen MR) is 134 cm³/mol. The highest BCUT2D eigenvalue weighted by molar-refractivity contribution is 5.99. The van der Waals surface area contributed by atoms with Crippen molar-refractivity contribution in [3.63, 3.8) is 0 Å². The molecule has 0 atom stereocenters. The van der Waals surface area contributed by atoms with Crippen LogP contribution in [0.5, 0.6) is 0 Å². The summed E-state index contributed by atoms with van der Waals surface area (Å²) in [5.74, 6) is 0.205. The van der Waals surface area contributed by atoms with E-state index in [-0.39, 0.29) is 17.4 Å². The molecule has 0 radical (unpaired) electrons. The van der Waals surface area contributed by atoms with Crippen LogP contribution >= 0.6 is 0 Å². The number of carbonyl (C=O) groups excluding carboxylic acids is 2. The van der Waals surface area contributed by atoms with E-state index in [0.29, 0.717) is 24.0 Å². The van der Waals surface area contributed by atoms with Gasteiger partial charge in [0.25, 0.3) is 0 Å². The summed E-state index contributed by atoms with van der Waals surface area (Å²) in [4.78, 5) is 32.9. The predicted octanol–water partition coefficient (Wildman–Crippen LogP) is 5.08. The number of hydrogen-bond acceptors (Lipinski definition) is 4. The molecular weight excluding hydrogens is 428 g/mol. The lowest BCUT2D eigenvalue weighted by molar-refractivity contribution is -0.115. The minimum absolute atomic E-state index is 0.102. The molecule has 0 aliphatic carbocycles. The monoisotopic (exact) mass is 454 g/mol. The molecule has 0 saturated carbocycles. The smallest absolute Gasteiger partial charge is 0.339 e. The van der Waals surface area contributed by atoms with Gasteiger partial charge in [-0.2, -0.15) is 0 Å². The molecule has 2 aliphatic rings. The van der Waals surface area contributed by atoms with Gasteiger partial charge in [0.2, 0.25) is 11.8 Å². The van der Waals surface area contributed by atoms with Crippen LogP contribution in [0, 0.1) is 20.8 Å². The Kier molecular flexibility index (Phi) is 6.59. The standard InChI is InChI=1S/C10H8O2.2C9H9NO/c1-7-6-8-4-2-3-5-9(8)12-10(7)11;1-6-2-3-8-7(4-6)5-9(11)10-8;1-6-2-3-7-5-9(11)10-8(7)4-6/h2-6H,1H3;2*2-4H,5H2,1H3,(H,10,11). The van der Waals surface area contributed by atoms with Crippen LogP contribution in [0.1, 0.15) is 27.8 Å². The maximum Gasteiger partial charge on any atom is 0.339 e. The third kappa shape index (κ3) is 5.41. The van der Waals surface area contributed by atoms with E-state index < -0.39 is 0 Å². The number of benzene rings is 3. The van der Waals surface area contributed by atoms with Gasteiger partial charge in [-0.3, -0.25) is 9.59 Å². The van der Waals surface area contributed by atoms with Gasteiger partial charge < -0.3 is 15.1 Å². The summed E-state index contributed by atoms with van der Waals surface area (Å²) in [6, 6.07) is 21.3. The zero-order chi connectivity index (χ0) is 24.2. The van der Waals surface area contributed by atoms with E-state index >= 15 is 0 Å². The van der Waals surface area contributed by atoms with Gasteiger partial charge in [0.15, 0.2) is 0 Å². The summed E-state index contributed by atoms with van der Waals surface area (Å²) in [5.41, 5.74) is 7.62. The number of para-hydroxylation sites is 1. The molecule has 0 bridgehead atoms. The fourth-order valence-corrected chi connectivity index (χ4v) is 3.85. The molecule has 1 aromatic heterocycles. The molecule has 0 saturated heterocycles. The van der Waals surface area contributed by atoms with Crippen molar-refractivity contribution < 1.29 is 14.0 Å². The van der Waals surface area contributed by atoms with Crippen LogP contribution in [-0.4, -0.2) is 11.8 Å². The second-order valence-electron chi connectivity index (χ2n) is 8.53. The summed E-state index contributed by atoms with van der Waals surface area (Å²) in [7, 11) is 0. The van der Waals surface area contributed by atoms with Gasteiger partial charge in [-0.25, -0.2) is 4.79 Å². The van der Waals surface area contributed by atoms with Crippen LogP contribution in [0.15, 0.2) is 75.9 Å². The maximum atomic E-state index is 11.1. The molecule has 6 heteroatoms. The summed E-state index contributed by atoms with van der Waals surface area (Å²) < 4.78 is 5.04. The van der Waals surface area contributed by atoms with Crippen molar-refractivity contribution in [1.29, 1.82) is 0 Å². The second kappa shape index (κ2) is 9.75. The average molecular weight is 455 g/mol. The molecule has 172 valence electrons. The number of anilines is 2. The highest BCUT2D eigenvalue weighted by Crippen LogP contribution is 2.24. The minimum atomic E-state index is -0.256. The first kappa shape index (κ1) is 23.0. The molecule has 34 heavy (non-hydrogen) atoms. The van der Waals surface area contributed by atoms with Crippen LogP contribution in [0.25, 0.3) is 11.0 Å². The first-order valence-corrected chi connectivity index (χ1v) is 11.1. The molecule has 2 aliphatic heterocycles. The number of carbonyl (C=O) groups is 2. The van der Waals surface area contributed by atoms with Gasteiger partial charge in [0.1, 0.15) is 5.58 Å². The Hall–Kier alpha value is -4.19. The Bertz CT molecular complexity index is 1390. The molecule has 0 spiro atoms. The largest absolute Gasteiger partial charge is 0.423 e. The van der Waals surface area contributed by atoms with Crippen molar-refractivity contribution in [2.24, 2.45) is 0 Å². The summed E-state index contributed by atoms with van der Waals surface area (Å²) >= 11 is 0. The number of rotatable bonds is 0. The lowest BCUT2D eigenvalue weighted by atomic mass is 10.1. The number of aryl methyl sites for hydroxylation is 3. The van der Waals surface area contributed by atoms with Crippen LogP contribution in [0.2, 0.25) is 0 Å². The van der Waals surface area contributed by atoms with E-state index in [2.05, 4.69) is 10.6 Å². The van der Waals surface area contributed by atoms with E-state index in [9.17, 15) is 14.4 Å². The van der Waals surface area contributed by atoms with Crippen LogP contribution in [0.4, 0.5) is 11.4 Å². The molecule has 6 rings (SSSR count). The number of nitrogens with one attached hydrogen (secondary N) is 2. The summed E-state index contributed by atoms with van der Waals surface area (Å²) in [6.07, 6.45) is 1.08. The third-order valence-corrected chi connectivity index (χ3v) is 5.59. The molecule has 0 fully saturated rings. The van der Waals surface area contributed by atoms with E-state index in [4.69, 9.17) is 4.42 Å². The van der Waals surface area contributed by atoms with E-state index in [1.165, 1.54) is 11.1 Å². The molecule has 2 amide bonds. The highest BCUT2D eigenvalue weighted by Gasteiger charge is 2.17. The zero-order valence-corrected chi connectivity index (χ0v) is 19.4. The van der Waals surface area contributed by atoms with Crippen molar-refractivity contribution in [2.75, 3.05) is 10.6 Å². The Labute approximate surface area is 197 Å². The van der Waals surface area contributed by atoms with Crippen molar-refractivity contribution >= 4 is 34.2 Å². The second-order valence-corrected chi connectivity index (χ2v) is 8.53. The normalized spacial score (nSPS) is 13.0. The Morgan fingerprint density at radius 2 is 1.32 bits per heavy atom. The SMILES string of the molecule is Cc1cc2ccccc2oc1=O.Cc1ccc2c(c1)CC(=O)N2.Cc1ccc2c(c1)NC(=O)C2. The van der Waals surface area contributed by atoms with Crippen LogP contribution in [0.3, 0.4) is 0 Å². The van der Waals surface area contributed by atoms with Gasteiger partial charge in [0.05, 0.1) is 12.8 Å². The molecule has 6 nitrogen and oxygen atoms in total. The van der Waals surface area contributed by atoms with Crippen molar-refractivity contribution in [3.05, 3.63) is 105 Å². The third-order valence-electron chi connectivity index (χ3n) is 5.59. The Morgan fingerprint density at radius 1 is 0.676 bits per heavy atom. The fraction of sp³-hybridized carbons (Fsp3) is 0.179. The van der Waals surface area contributed by atoms with Crippen molar-refractivity contribution in [1.82, 2.24) is 0 Å². The van der Waals surface area contributed by atoms with Crippen molar-refractivity contribution in [2.45, 2.75) is 33.6 Å². The number of fused-ring (bicyclic) bond motifs is 3. The first-order chi connectivity index (χ1) is 16.3. The quantitative estimate of drug-likeness (QED) is 0.363. The lowest BCUT2D eigenvalue weighted by Gasteiger charge is -1.97. The molecular formula is C28H26N2O4. The van der Waals surface area contributed by atoms with E-state index in [0.717, 1.165) is 27.9 Å². The highest BCUT2D eigenvalue weighted by atomic mass is 16.4. The topological polar surface area (TPSA) is 88.4 Å². The fourth-order valence-electron chi connectivity index (χ4n) is 3.85. The molecule has 3 aromatic carbocycles. The first-order valence-electron chi connectivity index (χ1n) is 11.1. The van der Waals surface area contributed by atoms with E-state index in [1.807, 2.05) is 74.5 Å². The molecule has 4 aromatic rings. The molecule has 2 N–H and O–H groups in total. The van der Waals surface area contributed by atoms with Gasteiger partial charge in [0, 0.05) is 22.3 Å². The zero-order valence-electron chi connectivity index (χ0n) is 19.4. The van der Waals surface area contributed by atoms with Gasteiger partial charge in [-0.05, 0) is 61.7 Å². The number of hydrogen-bond donors (Lipinski definition) is 2.